The van der Waals surface area contributed by atoms with Crippen LogP contribution in [0.2, 0.25) is 0 Å². The summed E-state index contributed by atoms with van der Waals surface area (Å²) in [6.07, 6.45) is 6.29. The van der Waals surface area contributed by atoms with E-state index in [1.165, 1.54) is 31.2 Å². The Morgan fingerprint density at radius 1 is 1.39 bits per heavy atom. The Balaban J connectivity index is 1.88. The van der Waals surface area contributed by atoms with E-state index < -0.39 is 0 Å². The van der Waals surface area contributed by atoms with Gasteiger partial charge in [0.25, 0.3) is 0 Å². The van der Waals surface area contributed by atoms with Crippen molar-refractivity contribution < 1.29 is 4.39 Å². The fraction of sp³-hybridized carbons (Fsp3) is 0.625. The van der Waals surface area contributed by atoms with Crippen LogP contribution in [0.25, 0.3) is 0 Å². The SMILES string of the molecule is Cc1ccc(F)cc1CC1(CN)CC2CCC1C2. The van der Waals surface area contributed by atoms with Gasteiger partial charge >= 0.3 is 0 Å². The average molecular weight is 247 g/mol. The van der Waals surface area contributed by atoms with E-state index in [4.69, 9.17) is 5.73 Å². The summed E-state index contributed by atoms with van der Waals surface area (Å²) in [5.41, 5.74) is 8.71. The summed E-state index contributed by atoms with van der Waals surface area (Å²) in [4.78, 5) is 0. The molecule has 2 aliphatic rings. The highest BCUT2D eigenvalue weighted by molar-refractivity contribution is 5.28. The van der Waals surface area contributed by atoms with Crippen LogP contribution in [0.15, 0.2) is 18.2 Å². The maximum absolute atomic E-state index is 13.4. The van der Waals surface area contributed by atoms with Crippen molar-refractivity contribution in [3.63, 3.8) is 0 Å². The Hall–Kier alpha value is -0.890. The molecule has 3 atom stereocenters. The van der Waals surface area contributed by atoms with Gasteiger partial charge in [-0.05, 0) is 79.7 Å². The molecule has 3 unspecified atom stereocenters. The number of hydrogen-bond donors (Lipinski definition) is 1. The second-order valence-electron chi connectivity index (χ2n) is 6.39. The molecule has 98 valence electrons. The first-order chi connectivity index (χ1) is 8.63. The summed E-state index contributed by atoms with van der Waals surface area (Å²) in [5.74, 6) is 1.54. The number of fused-ring (bicyclic) bond motifs is 2. The van der Waals surface area contributed by atoms with Gasteiger partial charge in [0.15, 0.2) is 0 Å². The molecule has 0 aliphatic heterocycles. The maximum atomic E-state index is 13.4. The molecule has 3 rings (SSSR count). The molecule has 0 spiro atoms. The highest BCUT2D eigenvalue weighted by atomic mass is 19.1. The summed E-state index contributed by atoms with van der Waals surface area (Å²) in [5, 5.41) is 0. The van der Waals surface area contributed by atoms with Crippen LogP contribution in [-0.2, 0) is 6.42 Å². The van der Waals surface area contributed by atoms with Gasteiger partial charge in [-0.15, -0.1) is 0 Å². The van der Waals surface area contributed by atoms with Crippen molar-refractivity contribution in [3.8, 4) is 0 Å². The standard InChI is InChI=1S/C16H22FN/c1-11-2-5-15(17)7-13(11)9-16(10-18)8-12-3-4-14(16)6-12/h2,5,7,12,14H,3-4,6,8-10,18H2,1H3. The van der Waals surface area contributed by atoms with Crippen molar-refractivity contribution in [2.24, 2.45) is 23.0 Å². The van der Waals surface area contributed by atoms with Gasteiger partial charge < -0.3 is 5.73 Å². The first-order valence-corrected chi connectivity index (χ1v) is 7.08. The quantitative estimate of drug-likeness (QED) is 0.870. The molecule has 2 fully saturated rings. The molecule has 2 N–H and O–H groups in total. The van der Waals surface area contributed by atoms with E-state index in [-0.39, 0.29) is 11.2 Å². The minimum Gasteiger partial charge on any atom is -0.330 e. The van der Waals surface area contributed by atoms with Crippen molar-refractivity contribution >= 4 is 0 Å². The van der Waals surface area contributed by atoms with E-state index in [9.17, 15) is 4.39 Å². The minimum atomic E-state index is -0.120. The Kier molecular flexibility index (Phi) is 2.93. The van der Waals surface area contributed by atoms with Gasteiger partial charge in [0.2, 0.25) is 0 Å². The summed E-state index contributed by atoms with van der Waals surface area (Å²) in [7, 11) is 0. The normalized spacial score (nSPS) is 34.2. The average Bonchev–Trinajstić information content (AvgIpc) is 2.94. The lowest BCUT2D eigenvalue weighted by atomic mass is 9.69. The summed E-state index contributed by atoms with van der Waals surface area (Å²) in [6.45, 7) is 2.83. The van der Waals surface area contributed by atoms with Gasteiger partial charge in [0.1, 0.15) is 5.82 Å². The van der Waals surface area contributed by atoms with Crippen LogP contribution in [0.4, 0.5) is 4.39 Å². The number of nitrogens with two attached hydrogens (primary N) is 1. The van der Waals surface area contributed by atoms with E-state index in [1.54, 1.807) is 12.1 Å². The van der Waals surface area contributed by atoms with Crippen LogP contribution in [0.1, 0.15) is 36.8 Å². The predicted octanol–water partition coefficient (Wildman–Crippen LogP) is 3.44. The maximum Gasteiger partial charge on any atom is 0.123 e. The molecular formula is C16H22FN. The van der Waals surface area contributed by atoms with E-state index >= 15 is 0 Å². The summed E-state index contributed by atoms with van der Waals surface area (Å²) in [6, 6.07) is 5.15. The van der Waals surface area contributed by atoms with E-state index in [0.717, 1.165) is 30.4 Å². The van der Waals surface area contributed by atoms with Crippen molar-refractivity contribution in [2.75, 3.05) is 6.54 Å². The smallest absolute Gasteiger partial charge is 0.123 e. The number of hydrogen-bond acceptors (Lipinski definition) is 1. The van der Waals surface area contributed by atoms with Crippen LogP contribution in [-0.4, -0.2) is 6.54 Å². The van der Waals surface area contributed by atoms with Crippen molar-refractivity contribution in [3.05, 3.63) is 35.1 Å². The van der Waals surface area contributed by atoms with E-state index in [2.05, 4.69) is 6.92 Å². The zero-order valence-electron chi connectivity index (χ0n) is 11.1. The lowest BCUT2D eigenvalue weighted by Crippen LogP contribution is -2.38. The second kappa shape index (κ2) is 4.34. The molecule has 2 bridgehead atoms. The fourth-order valence-corrected chi connectivity index (χ4v) is 4.31. The largest absolute Gasteiger partial charge is 0.330 e. The van der Waals surface area contributed by atoms with Crippen LogP contribution in [0.3, 0.4) is 0 Å². The number of halogens is 1. The Labute approximate surface area is 109 Å². The molecule has 2 saturated carbocycles. The Morgan fingerprint density at radius 3 is 2.83 bits per heavy atom. The first-order valence-electron chi connectivity index (χ1n) is 7.08. The molecule has 1 nitrogen and oxygen atoms in total. The van der Waals surface area contributed by atoms with Crippen molar-refractivity contribution in [1.82, 2.24) is 0 Å². The van der Waals surface area contributed by atoms with Crippen LogP contribution >= 0.6 is 0 Å². The lowest BCUT2D eigenvalue weighted by molar-refractivity contribution is 0.171. The van der Waals surface area contributed by atoms with Gasteiger partial charge in [0.05, 0.1) is 0 Å². The molecule has 1 aromatic carbocycles. The third-order valence-corrected chi connectivity index (χ3v) is 5.36. The molecule has 1 aromatic rings. The topological polar surface area (TPSA) is 26.0 Å². The molecule has 2 heteroatoms. The van der Waals surface area contributed by atoms with Gasteiger partial charge in [0, 0.05) is 0 Å². The second-order valence-corrected chi connectivity index (χ2v) is 6.39. The molecule has 0 radical (unpaired) electrons. The van der Waals surface area contributed by atoms with Crippen LogP contribution in [0.5, 0.6) is 0 Å². The Bertz CT molecular complexity index is 456. The summed E-state index contributed by atoms with van der Waals surface area (Å²) >= 11 is 0. The zero-order valence-corrected chi connectivity index (χ0v) is 11.1. The molecule has 2 aliphatic carbocycles. The van der Waals surface area contributed by atoms with Gasteiger partial charge in [-0.25, -0.2) is 4.39 Å². The monoisotopic (exact) mass is 247 g/mol. The van der Waals surface area contributed by atoms with Crippen molar-refractivity contribution in [1.29, 1.82) is 0 Å². The van der Waals surface area contributed by atoms with E-state index in [0.29, 0.717) is 0 Å². The van der Waals surface area contributed by atoms with Gasteiger partial charge in [-0.3, -0.25) is 0 Å². The molecule has 18 heavy (non-hydrogen) atoms. The van der Waals surface area contributed by atoms with Crippen LogP contribution in [0, 0.1) is 30.0 Å². The molecule has 0 aromatic heterocycles. The molecular weight excluding hydrogens is 225 g/mol. The summed E-state index contributed by atoms with van der Waals surface area (Å²) < 4.78 is 13.4. The van der Waals surface area contributed by atoms with E-state index in [1.807, 2.05) is 6.07 Å². The highest BCUT2D eigenvalue weighted by Gasteiger charge is 2.49. The number of rotatable bonds is 3. The lowest BCUT2D eigenvalue weighted by Gasteiger charge is -2.37. The third-order valence-electron chi connectivity index (χ3n) is 5.36. The molecule has 0 heterocycles. The number of aryl methyl sites for hydroxylation is 1. The first kappa shape index (κ1) is 12.2. The van der Waals surface area contributed by atoms with Gasteiger partial charge in [-0.2, -0.15) is 0 Å². The molecule has 0 saturated heterocycles. The zero-order chi connectivity index (χ0) is 12.8. The predicted molar refractivity (Wildman–Crippen MR) is 71.8 cm³/mol. The highest BCUT2D eigenvalue weighted by Crippen LogP contribution is 2.56. The van der Waals surface area contributed by atoms with Crippen molar-refractivity contribution in [2.45, 2.75) is 39.0 Å². The number of benzene rings is 1. The van der Waals surface area contributed by atoms with Crippen LogP contribution < -0.4 is 5.73 Å². The van der Waals surface area contributed by atoms with Gasteiger partial charge in [-0.1, -0.05) is 12.5 Å². The molecule has 0 amide bonds. The minimum absolute atomic E-state index is 0.120. The third kappa shape index (κ3) is 1.87. The Morgan fingerprint density at radius 2 is 2.22 bits per heavy atom. The fourth-order valence-electron chi connectivity index (χ4n) is 4.31.